The van der Waals surface area contributed by atoms with Crippen molar-refractivity contribution in [2.75, 3.05) is 26.7 Å². The fourth-order valence-corrected chi connectivity index (χ4v) is 3.67. The van der Waals surface area contributed by atoms with Gasteiger partial charge in [0.25, 0.3) is 0 Å². The number of halogens is 1. The average molecular weight is 443 g/mol. The zero-order valence-corrected chi connectivity index (χ0v) is 17.1. The maximum Gasteiger partial charge on any atom is 0.191 e. The summed E-state index contributed by atoms with van der Waals surface area (Å²) in [4.78, 5) is 4.39. The number of fused-ring (bicyclic) bond motifs is 1. The number of guanidine groups is 1. The number of ether oxygens (including phenoxy) is 1. The molecule has 2 aliphatic rings. The lowest BCUT2D eigenvalue weighted by molar-refractivity contribution is 0.131. The average Bonchev–Trinajstić information content (AvgIpc) is 2.57. The molecule has 1 aromatic rings. The van der Waals surface area contributed by atoms with Crippen molar-refractivity contribution in [3.63, 3.8) is 0 Å². The largest absolute Gasteiger partial charge is 0.493 e. The standard InChI is InChI=1S/C19H29N3O.HI/c1-3-19(10-6-11-19)14-22-18(20-2)21-13-15-9-12-23-17-8-5-4-7-16(15)17;/h4-5,7-8,15H,3,6,9-14H2,1-2H3,(H2,20,21,22);1H. The molecule has 4 nitrogen and oxygen atoms in total. The van der Waals surface area contributed by atoms with Crippen LogP contribution in [0, 0.1) is 5.41 Å². The van der Waals surface area contributed by atoms with E-state index in [9.17, 15) is 0 Å². The molecule has 1 unspecified atom stereocenters. The van der Waals surface area contributed by atoms with Gasteiger partial charge in [-0.3, -0.25) is 4.99 Å². The van der Waals surface area contributed by atoms with Crippen LogP contribution in [0.3, 0.4) is 0 Å². The molecule has 134 valence electrons. The lowest BCUT2D eigenvalue weighted by Gasteiger charge is -2.41. The number of rotatable bonds is 5. The van der Waals surface area contributed by atoms with Crippen LogP contribution >= 0.6 is 24.0 Å². The molecule has 0 spiro atoms. The predicted molar refractivity (Wildman–Crippen MR) is 111 cm³/mol. The quantitative estimate of drug-likeness (QED) is 0.412. The highest BCUT2D eigenvalue weighted by Crippen LogP contribution is 2.43. The van der Waals surface area contributed by atoms with Gasteiger partial charge in [0.05, 0.1) is 6.61 Å². The van der Waals surface area contributed by atoms with E-state index in [1.165, 1.54) is 31.2 Å². The minimum Gasteiger partial charge on any atom is -0.493 e. The highest BCUT2D eigenvalue weighted by atomic mass is 127. The molecule has 3 rings (SSSR count). The molecule has 24 heavy (non-hydrogen) atoms. The number of para-hydroxylation sites is 1. The maximum atomic E-state index is 5.74. The molecule has 0 saturated heterocycles. The first-order valence-corrected chi connectivity index (χ1v) is 8.92. The lowest BCUT2D eigenvalue weighted by atomic mass is 9.67. The van der Waals surface area contributed by atoms with E-state index in [-0.39, 0.29) is 24.0 Å². The van der Waals surface area contributed by atoms with Crippen LogP contribution in [-0.4, -0.2) is 32.7 Å². The van der Waals surface area contributed by atoms with Gasteiger partial charge in [0.2, 0.25) is 0 Å². The first-order chi connectivity index (χ1) is 11.3. The zero-order chi connectivity index (χ0) is 16.1. The Labute approximate surface area is 162 Å². The molecular formula is C19H30IN3O. The normalized spacial score (nSPS) is 21.6. The molecule has 2 N–H and O–H groups in total. The summed E-state index contributed by atoms with van der Waals surface area (Å²) in [5, 5.41) is 7.04. The summed E-state index contributed by atoms with van der Waals surface area (Å²) in [5.41, 5.74) is 1.81. The third-order valence-electron chi connectivity index (χ3n) is 5.62. The molecule has 1 aliphatic carbocycles. The minimum absolute atomic E-state index is 0. The van der Waals surface area contributed by atoms with Gasteiger partial charge in [0.15, 0.2) is 5.96 Å². The number of nitrogens with zero attached hydrogens (tertiary/aromatic N) is 1. The summed E-state index contributed by atoms with van der Waals surface area (Å²) in [7, 11) is 1.85. The van der Waals surface area contributed by atoms with Gasteiger partial charge >= 0.3 is 0 Å². The van der Waals surface area contributed by atoms with E-state index in [1.54, 1.807) is 0 Å². The van der Waals surface area contributed by atoms with Gasteiger partial charge in [-0.2, -0.15) is 0 Å². The van der Waals surface area contributed by atoms with Crippen molar-refractivity contribution in [1.29, 1.82) is 0 Å². The first-order valence-electron chi connectivity index (χ1n) is 8.92. The van der Waals surface area contributed by atoms with Gasteiger partial charge in [-0.1, -0.05) is 31.5 Å². The van der Waals surface area contributed by atoms with Gasteiger partial charge in [-0.15, -0.1) is 24.0 Å². The van der Waals surface area contributed by atoms with Gasteiger partial charge < -0.3 is 15.4 Å². The van der Waals surface area contributed by atoms with E-state index >= 15 is 0 Å². The van der Waals surface area contributed by atoms with Crippen LogP contribution in [0.1, 0.15) is 50.5 Å². The van der Waals surface area contributed by atoms with Crippen LogP contribution < -0.4 is 15.4 Å². The summed E-state index contributed by atoms with van der Waals surface area (Å²) >= 11 is 0. The second-order valence-electron chi connectivity index (χ2n) is 6.89. The topological polar surface area (TPSA) is 45.7 Å². The Hall–Kier alpha value is -0.980. The molecule has 1 saturated carbocycles. The van der Waals surface area contributed by atoms with Crippen molar-refractivity contribution in [3.8, 4) is 5.75 Å². The summed E-state index contributed by atoms with van der Waals surface area (Å²) < 4.78 is 5.74. The second-order valence-corrected chi connectivity index (χ2v) is 6.89. The Bertz CT molecular complexity index is 552. The number of nitrogens with one attached hydrogen (secondary N) is 2. The number of hydrogen-bond donors (Lipinski definition) is 2. The van der Waals surface area contributed by atoms with Crippen LogP contribution in [0.5, 0.6) is 5.75 Å². The van der Waals surface area contributed by atoms with E-state index in [1.807, 2.05) is 13.1 Å². The fourth-order valence-electron chi connectivity index (χ4n) is 3.67. The summed E-state index contributed by atoms with van der Waals surface area (Å²) in [6, 6.07) is 8.38. The maximum absolute atomic E-state index is 5.74. The van der Waals surface area contributed by atoms with Crippen molar-refractivity contribution in [2.24, 2.45) is 10.4 Å². The summed E-state index contributed by atoms with van der Waals surface area (Å²) in [6.07, 6.45) is 6.38. The van der Waals surface area contributed by atoms with Gasteiger partial charge in [0, 0.05) is 26.1 Å². The first kappa shape index (κ1) is 19.3. The SMILES string of the molecule is CCC1(CNC(=NC)NCC2CCOc3ccccc32)CCC1.I. The van der Waals surface area contributed by atoms with Crippen molar-refractivity contribution in [2.45, 2.75) is 44.9 Å². The molecular weight excluding hydrogens is 413 g/mol. The molecule has 1 heterocycles. The van der Waals surface area contributed by atoms with E-state index in [2.05, 4.69) is 40.7 Å². The third-order valence-corrected chi connectivity index (χ3v) is 5.62. The summed E-state index contributed by atoms with van der Waals surface area (Å²) in [5.74, 6) is 2.45. The van der Waals surface area contributed by atoms with Gasteiger partial charge in [-0.05, 0) is 42.7 Å². The van der Waals surface area contributed by atoms with Crippen LogP contribution in [0.2, 0.25) is 0 Å². The number of aliphatic imine (C=N–C) groups is 1. The summed E-state index contributed by atoms with van der Waals surface area (Å²) in [6.45, 7) is 5.04. The van der Waals surface area contributed by atoms with Crippen LogP contribution in [0.25, 0.3) is 0 Å². The molecule has 1 atom stereocenters. The third kappa shape index (κ3) is 4.35. The van der Waals surface area contributed by atoms with Gasteiger partial charge in [0.1, 0.15) is 5.75 Å². The highest BCUT2D eigenvalue weighted by molar-refractivity contribution is 14.0. The molecule has 0 radical (unpaired) electrons. The Morgan fingerprint density at radius 1 is 1.29 bits per heavy atom. The highest BCUT2D eigenvalue weighted by Gasteiger charge is 2.35. The molecule has 1 fully saturated rings. The van der Waals surface area contributed by atoms with E-state index < -0.39 is 0 Å². The molecule has 0 amide bonds. The van der Waals surface area contributed by atoms with Crippen molar-refractivity contribution < 1.29 is 4.74 Å². The molecule has 0 aromatic heterocycles. The fraction of sp³-hybridized carbons (Fsp3) is 0.632. The monoisotopic (exact) mass is 443 g/mol. The molecule has 5 heteroatoms. The van der Waals surface area contributed by atoms with Crippen molar-refractivity contribution in [1.82, 2.24) is 10.6 Å². The van der Waals surface area contributed by atoms with E-state index in [0.29, 0.717) is 11.3 Å². The van der Waals surface area contributed by atoms with Crippen LogP contribution in [0.15, 0.2) is 29.3 Å². The van der Waals surface area contributed by atoms with Crippen LogP contribution in [0.4, 0.5) is 0 Å². The number of benzene rings is 1. The predicted octanol–water partition coefficient (Wildman–Crippen LogP) is 3.92. The Balaban J connectivity index is 0.00000208. The van der Waals surface area contributed by atoms with E-state index in [0.717, 1.165) is 37.8 Å². The molecule has 1 aromatic carbocycles. The minimum atomic E-state index is 0. The zero-order valence-electron chi connectivity index (χ0n) is 14.8. The van der Waals surface area contributed by atoms with E-state index in [4.69, 9.17) is 4.74 Å². The second kappa shape index (κ2) is 8.92. The smallest absolute Gasteiger partial charge is 0.191 e. The lowest BCUT2D eigenvalue weighted by Crippen LogP contribution is -2.47. The Kier molecular flexibility index (Phi) is 7.19. The Morgan fingerprint density at radius 3 is 2.75 bits per heavy atom. The molecule has 1 aliphatic heterocycles. The Morgan fingerprint density at radius 2 is 2.08 bits per heavy atom. The van der Waals surface area contributed by atoms with Crippen LogP contribution in [-0.2, 0) is 0 Å². The van der Waals surface area contributed by atoms with Gasteiger partial charge in [-0.25, -0.2) is 0 Å². The molecule has 0 bridgehead atoms. The van der Waals surface area contributed by atoms with Crippen molar-refractivity contribution >= 4 is 29.9 Å². The number of hydrogen-bond acceptors (Lipinski definition) is 2. The van der Waals surface area contributed by atoms with Crippen molar-refractivity contribution in [3.05, 3.63) is 29.8 Å².